The zero-order chi connectivity index (χ0) is 18.6. The van der Waals surface area contributed by atoms with Gasteiger partial charge in [-0.2, -0.15) is 0 Å². The van der Waals surface area contributed by atoms with E-state index in [2.05, 4.69) is 27.3 Å². The highest BCUT2D eigenvalue weighted by Crippen LogP contribution is 2.32. The van der Waals surface area contributed by atoms with Crippen molar-refractivity contribution in [3.05, 3.63) is 51.9 Å². The number of fused-ring (bicyclic) bond motifs is 1. The van der Waals surface area contributed by atoms with E-state index in [1.807, 2.05) is 41.0 Å². The Morgan fingerprint density at radius 1 is 1.33 bits per heavy atom. The van der Waals surface area contributed by atoms with Crippen LogP contribution < -0.4 is 10.1 Å². The van der Waals surface area contributed by atoms with E-state index in [9.17, 15) is 4.79 Å². The summed E-state index contributed by atoms with van der Waals surface area (Å²) in [4.78, 5) is 12.8. The minimum atomic E-state index is -0.0651. The number of rotatable bonds is 7. The number of benzene rings is 1. The number of ether oxygens (including phenoxy) is 2. The number of hydrogen-bond donors (Lipinski definition) is 1. The van der Waals surface area contributed by atoms with Crippen LogP contribution >= 0.6 is 27.3 Å². The van der Waals surface area contributed by atoms with Crippen LogP contribution in [0, 0.1) is 0 Å². The van der Waals surface area contributed by atoms with E-state index in [1.54, 1.807) is 11.3 Å². The number of carbonyl (C=O) groups is 1. The molecule has 0 spiro atoms. The van der Waals surface area contributed by atoms with Crippen molar-refractivity contribution in [3.63, 3.8) is 0 Å². The molecule has 7 heteroatoms. The number of nitrogens with zero attached hydrogens (tertiary/aromatic N) is 1. The molecule has 1 aromatic carbocycles. The lowest BCUT2D eigenvalue weighted by atomic mass is 10.2. The van der Waals surface area contributed by atoms with Crippen molar-refractivity contribution in [2.24, 2.45) is 0 Å². The van der Waals surface area contributed by atoms with Gasteiger partial charge in [0.05, 0.1) is 26.7 Å². The number of carbonyl (C=O) groups excluding carboxylic acids is 1. The van der Waals surface area contributed by atoms with Gasteiger partial charge < -0.3 is 19.4 Å². The topological polar surface area (TPSA) is 52.5 Å². The maximum atomic E-state index is 12.8. The first-order chi connectivity index (χ1) is 13.2. The molecule has 1 aliphatic heterocycles. The Balaban J connectivity index is 1.48. The van der Waals surface area contributed by atoms with E-state index in [0.29, 0.717) is 25.4 Å². The minimum Gasteiger partial charge on any atom is -0.492 e. The van der Waals surface area contributed by atoms with Gasteiger partial charge in [0.15, 0.2) is 0 Å². The summed E-state index contributed by atoms with van der Waals surface area (Å²) >= 11 is 5.16. The molecule has 4 rings (SSSR count). The van der Waals surface area contributed by atoms with Gasteiger partial charge >= 0.3 is 0 Å². The van der Waals surface area contributed by atoms with E-state index in [0.717, 1.165) is 39.2 Å². The Morgan fingerprint density at radius 3 is 2.96 bits per heavy atom. The second-order valence-corrected chi connectivity index (χ2v) is 8.95. The zero-order valence-electron chi connectivity index (χ0n) is 14.8. The molecular formula is C20H21BrN2O3S. The first-order valence-electron chi connectivity index (χ1n) is 9.07. The summed E-state index contributed by atoms with van der Waals surface area (Å²) in [6, 6.07) is 13.7. The molecular weight excluding hydrogens is 428 g/mol. The van der Waals surface area contributed by atoms with Gasteiger partial charge in [0.1, 0.15) is 18.1 Å². The van der Waals surface area contributed by atoms with Crippen molar-refractivity contribution in [3.8, 4) is 5.75 Å². The smallest absolute Gasteiger partial charge is 0.268 e. The van der Waals surface area contributed by atoms with Gasteiger partial charge in [-0.3, -0.25) is 4.79 Å². The number of para-hydroxylation sites is 1. The highest BCUT2D eigenvalue weighted by molar-refractivity contribution is 9.11. The molecule has 1 N–H and O–H groups in total. The Morgan fingerprint density at radius 2 is 2.19 bits per heavy atom. The fraction of sp³-hybridized carbons (Fsp3) is 0.350. The highest BCUT2D eigenvalue weighted by atomic mass is 79.9. The number of thiophene rings is 1. The number of aromatic nitrogens is 1. The Kier molecular flexibility index (Phi) is 5.80. The summed E-state index contributed by atoms with van der Waals surface area (Å²) in [5, 5.41) is 3.02. The van der Waals surface area contributed by atoms with Crippen LogP contribution in [0.5, 0.6) is 5.75 Å². The van der Waals surface area contributed by atoms with Crippen molar-refractivity contribution in [1.29, 1.82) is 0 Å². The van der Waals surface area contributed by atoms with Crippen molar-refractivity contribution < 1.29 is 14.3 Å². The molecule has 1 saturated heterocycles. The van der Waals surface area contributed by atoms with E-state index in [1.165, 1.54) is 0 Å². The average Bonchev–Trinajstić information content (AvgIpc) is 3.38. The summed E-state index contributed by atoms with van der Waals surface area (Å²) in [6.07, 6.45) is 2.21. The first kappa shape index (κ1) is 18.5. The van der Waals surface area contributed by atoms with Crippen LogP contribution in [0.2, 0.25) is 0 Å². The number of amides is 1. The number of halogens is 1. The SMILES string of the molecule is O=C(NCC1CCCO1)c1cc2sc(Br)cc2n1CCOc1ccccc1. The van der Waals surface area contributed by atoms with Gasteiger partial charge in [0.25, 0.3) is 5.91 Å². The van der Waals surface area contributed by atoms with Crippen LogP contribution in [-0.4, -0.2) is 36.3 Å². The fourth-order valence-corrected chi connectivity index (χ4v) is 4.88. The van der Waals surface area contributed by atoms with Gasteiger partial charge in [0, 0.05) is 13.2 Å². The lowest BCUT2D eigenvalue weighted by Crippen LogP contribution is -2.33. The molecule has 2 aromatic heterocycles. The van der Waals surface area contributed by atoms with Gasteiger partial charge in [0.2, 0.25) is 0 Å². The standard InChI is InChI=1S/C20H21BrN2O3S/c21-19-12-16-18(27-19)11-17(20(24)22-13-15-7-4-9-25-15)23(16)8-10-26-14-5-2-1-3-6-14/h1-3,5-6,11-12,15H,4,7-10,13H2,(H,22,24). The molecule has 5 nitrogen and oxygen atoms in total. The molecule has 27 heavy (non-hydrogen) atoms. The monoisotopic (exact) mass is 448 g/mol. The Labute approximate surface area is 170 Å². The third-order valence-electron chi connectivity index (χ3n) is 4.63. The van der Waals surface area contributed by atoms with E-state index in [-0.39, 0.29) is 12.0 Å². The summed E-state index contributed by atoms with van der Waals surface area (Å²) in [5.74, 6) is 0.765. The largest absolute Gasteiger partial charge is 0.492 e. The van der Waals surface area contributed by atoms with Gasteiger partial charge in [-0.1, -0.05) is 18.2 Å². The van der Waals surface area contributed by atoms with E-state index in [4.69, 9.17) is 9.47 Å². The van der Waals surface area contributed by atoms with Crippen LogP contribution in [0.25, 0.3) is 10.2 Å². The average molecular weight is 449 g/mol. The Hall–Kier alpha value is -1.83. The molecule has 0 aliphatic carbocycles. The van der Waals surface area contributed by atoms with Crippen molar-refractivity contribution in [2.45, 2.75) is 25.5 Å². The maximum Gasteiger partial charge on any atom is 0.268 e. The molecule has 1 amide bonds. The van der Waals surface area contributed by atoms with E-state index < -0.39 is 0 Å². The van der Waals surface area contributed by atoms with Gasteiger partial charge in [-0.15, -0.1) is 11.3 Å². The van der Waals surface area contributed by atoms with Crippen molar-refractivity contribution >= 4 is 43.4 Å². The number of nitrogens with one attached hydrogen (secondary N) is 1. The summed E-state index contributed by atoms with van der Waals surface area (Å²) < 4.78 is 15.6. The van der Waals surface area contributed by atoms with E-state index >= 15 is 0 Å². The Bertz CT molecular complexity index is 916. The van der Waals surface area contributed by atoms with Crippen LogP contribution in [0.4, 0.5) is 0 Å². The third kappa shape index (κ3) is 4.36. The van der Waals surface area contributed by atoms with Gasteiger partial charge in [-0.25, -0.2) is 0 Å². The molecule has 3 aromatic rings. The molecule has 3 heterocycles. The van der Waals surface area contributed by atoms with Crippen molar-refractivity contribution in [2.75, 3.05) is 19.8 Å². The van der Waals surface area contributed by atoms with Crippen LogP contribution in [0.1, 0.15) is 23.3 Å². The number of hydrogen-bond acceptors (Lipinski definition) is 4. The molecule has 1 atom stereocenters. The summed E-state index contributed by atoms with van der Waals surface area (Å²) in [5.41, 5.74) is 1.71. The highest BCUT2D eigenvalue weighted by Gasteiger charge is 2.20. The molecule has 1 aliphatic rings. The summed E-state index contributed by atoms with van der Waals surface area (Å²) in [7, 11) is 0. The quantitative estimate of drug-likeness (QED) is 0.580. The van der Waals surface area contributed by atoms with Gasteiger partial charge in [-0.05, 0) is 53.0 Å². The lowest BCUT2D eigenvalue weighted by Gasteiger charge is -2.14. The predicted molar refractivity (Wildman–Crippen MR) is 111 cm³/mol. The van der Waals surface area contributed by atoms with Crippen LogP contribution in [-0.2, 0) is 11.3 Å². The first-order valence-corrected chi connectivity index (χ1v) is 10.7. The predicted octanol–water partition coefficient (Wildman–Crippen LogP) is 4.45. The molecule has 142 valence electrons. The lowest BCUT2D eigenvalue weighted by molar-refractivity contribution is 0.0850. The van der Waals surface area contributed by atoms with Crippen LogP contribution in [0.3, 0.4) is 0 Å². The molecule has 1 unspecified atom stereocenters. The second-order valence-electron chi connectivity index (χ2n) is 6.49. The maximum absolute atomic E-state index is 12.8. The molecule has 0 radical (unpaired) electrons. The fourth-order valence-electron chi connectivity index (χ4n) is 3.31. The molecule has 0 bridgehead atoms. The zero-order valence-corrected chi connectivity index (χ0v) is 17.2. The molecule has 0 saturated carbocycles. The normalized spacial score (nSPS) is 16.7. The van der Waals surface area contributed by atoms with Crippen LogP contribution in [0.15, 0.2) is 46.3 Å². The molecule has 1 fully saturated rings. The summed E-state index contributed by atoms with van der Waals surface area (Å²) in [6.45, 7) is 2.44. The minimum absolute atomic E-state index is 0.0651. The second kappa shape index (κ2) is 8.46. The van der Waals surface area contributed by atoms with Crippen molar-refractivity contribution in [1.82, 2.24) is 9.88 Å². The third-order valence-corrected chi connectivity index (χ3v) is 6.21.